The van der Waals surface area contributed by atoms with Crippen molar-refractivity contribution < 1.29 is 78.4 Å². The Kier molecular flexibility index (Phi) is 9.51. The maximum absolute atomic E-state index is 9.84. The van der Waals surface area contributed by atoms with E-state index in [9.17, 15) is 17.8 Å². The van der Waals surface area contributed by atoms with E-state index in [1.54, 1.807) is 0 Å². The van der Waals surface area contributed by atoms with Crippen LogP contribution in [0.3, 0.4) is 0 Å². The molecule has 0 saturated carbocycles. The molecule has 0 atom stereocenters. The molecule has 0 saturated heterocycles. The van der Waals surface area contributed by atoms with Crippen molar-refractivity contribution in [1.29, 1.82) is 0 Å². The van der Waals surface area contributed by atoms with E-state index < -0.39 is 16.4 Å². The van der Waals surface area contributed by atoms with Gasteiger partial charge in [-0.2, -0.15) is 0 Å². The first kappa shape index (κ1) is 15.4. The number of carboxylic acid groups (broad SMARTS) is 1. The van der Waals surface area contributed by atoms with Crippen LogP contribution in [-0.2, 0) is 19.4 Å². The summed E-state index contributed by atoms with van der Waals surface area (Å²) in [5, 5.41) is 8.06. The zero-order chi connectivity index (χ0) is 8.91. The predicted octanol–water partition coefficient (Wildman–Crippen LogP) is -3.67. The third kappa shape index (κ3) is 13.6. The predicted molar refractivity (Wildman–Crippen MR) is 32.5 cm³/mol. The molecular weight excluding hydrogens is 215 g/mol. The van der Waals surface area contributed by atoms with Gasteiger partial charge >= 0.3 is 57.4 Å². The standard InChI is InChI=1S/C4H8O6S.K/c5-4(6)2-1-3-10-11(7,8)9;/h1-3H2,(H,5,6)(H,7,8,9);/q;+1/p-1. The van der Waals surface area contributed by atoms with Crippen LogP contribution in [0.2, 0.25) is 0 Å². The second-order valence-electron chi connectivity index (χ2n) is 1.73. The SMILES string of the molecule is O=C(O)CCCOS(=O)(=O)[O-].[K+]. The molecule has 0 bridgehead atoms. The Balaban J connectivity index is 0. The first-order chi connectivity index (χ1) is 4.92. The number of rotatable bonds is 5. The van der Waals surface area contributed by atoms with E-state index >= 15 is 0 Å². The molecule has 0 aromatic heterocycles. The van der Waals surface area contributed by atoms with E-state index in [2.05, 4.69) is 4.18 Å². The minimum Gasteiger partial charge on any atom is -0.726 e. The van der Waals surface area contributed by atoms with Crippen LogP contribution >= 0.6 is 0 Å². The van der Waals surface area contributed by atoms with Gasteiger partial charge in [0.25, 0.3) is 0 Å². The molecule has 0 unspecified atom stereocenters. The van der Waals surface area contributed by atoms with Crippen LogP contribution in [0.15, 0.2) is 0 Å². The van der Waals surface area contributed by atoms with Gasteiger partial charge in [0.2, 0.25) is 10.4 Å². The zero-order valence-electron chi connectivity index (χ0n) is 6.52. The Labute approximate surface area is 113 Å². The molecule has 1 N–H and O–H groups in total. The quantitative estimate of drug-likeness (QED) is 0.222. The molecule has 12 heavy (non-hydrogen) atoms. The Hall–Kier alpha value is 0.976. The fourth-order valence-electron chi connectivity index (χ4n) is 0.384. The van der Waals surface area contributed by atoms with Crippen molar-refractivity contribution in [3.05, 3.63) is 0 Å². The van der Waals surface area contributed by atoms with Crippen molar-refractivity contribution in [3.8, 4) is 0 Å². The molecule has 0 aromatic rings. The van der Waals surface area contributed by atoms with Crippen molar-refractivity contribution in [1.82, 2.24) is 0 Å². The third-order valence-corrected chi connectivity index (χ3v) is 1.22. The van der Waals surface area contributed by atoms with Crippen LogP contribution in [0, 0.1) is 0 Å². The van der Waals surface area contributed by atoms with E-state index in [0.29, 0.717) is 0 Å². The fraction of sp³-hybridized carbons (Fsp3) is 0.750. The number of hydrogen-bond acceptors (Lipinski definition) is 5. The summed E-state index contributed by atoms with van der Waals surface area (Å²) in [5.74, 6) is -1.06. The van der Waals surface area contributed by atoms with Crippen LogP contribution in [0.1, 0.15) is 12.8 Å². The number of aliphatic carboxylic acids is 1. The molecule has 0 aromatic carbocycles. The van der Waals surface area contributed by atoms with Gasteiger partial charge in [0.15, 0.2) is 0 Å². The summed E-state index contributed by atoms with van der Waals surface area (Å²) in [6.07, 6.45) is -0.202. The normalized spacial score (nSPS) is 10.4. The summed E-state index contributed by atoms with van der Waals surface area (Å²) in [5.41, 5.74) is 0. The molecule has 0 heterocycles. The van der Waals surface area contributed by atoms with Gasteiger partial charge in [0, 0.05) is 6.42 Å². The van der Waals surface area contributed by atoms with Crippen LogP contribution in [0.4, 0.5) is 0 Å². The summed E-state index contributed by atoms with van der Waals surface area (Å²) in [4.78, 5) is 9.84. The molecule has 0 radical (unpaired) electrons. The van der Waals surface area contributed by atoms with Gasteiger partial charge < -0.3 is 9.66 Å². The molecule has 0 spiro atoms. The van der Waals surface area contributed by atoms with Crippen LogP contribution in [0.5, 0.6) is 0 Å². The minimum absolute atomic E-state index is 0. The first-order valence-corrected chi connectivity index (χ1v) is 4.07. The van der Waals surface area contributed by atoms with E-state index in [1.165, 1.54) is 0 Å². The van der Waals surface area contributed by atoms with Gasteiger partial charge in [0.05, 0.1) is 6.61 Å². The average molecular weight is 222 g/mol. The Bertz CT molecular complexity index is 222. The molecule has 0 fully saturated rings. The maximum atomic E-state index is 9.84. The minimum atomic E-state index is -4.66. The first-order valence-electron chi connectivity index (χ1n) is 2.74. The maximum Gasteiger partial charge on any atom is 1.00 e. The van der Waals surface area contributed by atoms with Crippen molar-refractivity contribution in [2.24, 2.45) is 0 Å². The van der Waals surface area contributed by atoms with Gasteiger partial charge in [-0.3, -0.25) is 8.98 Å². The second kappa shape index (κ2) is 7.39. The number of carbonyl (C=O) groups is 1. The van der Waals surface area contributed by atoms with Gasteiger partial charge in [-0.25, -0.2) is 8.42 Å². The molecule has 0 aliphatic heterocycles. The largest absolute Gasteiger partial charge is 1.00 e. The monoisotopic (exact) mass is 222 g/mol. The van der Waals surface area contributed by atoms with E-state index in [1.807, 2.05) is 0 Å². The molecule has 0 aliphatic rings. The smallest absolute Gasteiger partial charge is 0.726 e. The fourth-order valence-corrected chi connectivity index (χ4v) is 0.706. The molecule has 0 amide bonds. The Morgan fingerprint density at radius 1 is 1.50 bits per heavy atom. The van der Waals surface area contributed by atoms with Crippen molar-refractivity contribution >= 4 is 16.4 Å². The Morgan fingerprint density at radius 3 is 2.33 bits per heavy atom. The summed E-state index contributed by atoms with van der Waals surface area (Å²) < 4.78 is 33.0. The average Bonchev–Trinajstić information content (AvgIpc) is 1.78. The van der Waals surface area contributed by atoms with Gasteiger partial charge in [-0.1, -0.05) is 0 Å². The summed E-state index contributed by atoms with van der Waals surface area (Å²) in [6, 6.07) is 0. The zero-order valence-corrected chi connectivity index (χ0v) is 10.5. The molecule has 6 nitrogen and oxygen atoms in total. The third-order valence-electron chi connectivity index (χ3n) is 0.763. The van der Waals surface area contributed by atoms with E-state index in [0.717, 1.165) is 0 Å². The van der Waals surface area contributed by atoms with E-state index in [-0.39, 0.29) is 70.8 Å². The van der Waals surface area contributed by atoms with E-state index in [4.69, 9.17) is 5.11 Å². The Morgan fingerprint density at radius 2 is 2.00 bits per heavy atom. The second-order valence-corrected chi connectivity index (χ2v) is 2.78. The van der Waals surface area contributed by atoms with Crippen molar-refractivity contribution in [2.45, 2.75) is 12.8 Å². The van der Waals surface area contributed by atoms with Crippen molar-refractivity contribution in [3.63, 3.8) is 0 Å². The van der Waals surface area contributed by atoms with Gasteiger partial charge in [0.1, 0.15) is 0 Å². The number of carboxylic acids is 1. The molecular formula is C4H7KO6S. The number of hydrogen-bond donors (Lipinski definition) is 1. The van der Waals surface area contributed by atoms with Crippen molar-refractivity contribution in [2.75, 3.05) is 6.61 Å². The van der Waals surface area contributed by atoms with Gasteiger partial charge in [-0.05, 0) is 6.42 Å². The summed E-state index contributed by atoms with van der Waals surface area (Å²) in [7, 11) is -4.66. The van der Waals surface area contributed by atoms with Crippen LogP contribution < -0.4 is 51.4 Å². The topological polar surface area (TPSA) is 104 Å². The summed E-state index contributed by atoms with van der Waals surface area (Å²) >= 11 is 0. The molecule has 0 aliphatic carbocycles. The van der Waals surface area contributed by atoms with Crippen LogP contribution in [0.25, 0.3) is 0 Å². The summed E-state index contributed by atoms with van der Waals surface area (Å²) in [6.45, 7) is -0.377. The molecule has 8 heteroatoms. The molecule has 66 valence electrons. The van der Waals surface area contributed by atoms with Crippen LogP contribution in [-0.4, -0.2) is 30.7 Å². The van der Waals surface area contributed by atoms with Gasteiger partial charge in [-0.15, -0.1) is 0 Å². The molecule has 0 rings (SSSR count).